The largest absolute Gasteiger partial charge is 0.493 e. The number of nitrogens with one attached hydrogen (secondary N) is 1. The van der Waals surface area contributed by atoms with Crippen LogP contribution in [0.4, 0.5) is 5.69 Å². The molecule has 15 heavy (non-hydrogen) atoms. The zero-order valence-electron chi connectivity index (χ0n) is 8.40. The van der Waals surface area contributed by atoms with Gasteiger partial charge in [0.05, 0.1) is 25.5 Å². The van der Waals surface area contributed by atoms with Crippen molar-refractivity contribution in [2.24, 2.45) is 0 Å². The van der Waals surface area contributed by atoms with Crippen molar-refractivity contribution in [2.75, 3.05) is 19.5 Å². The number of carbonyl (C=O) groups excluding carboxylic acids is 1. The Labute approximate surface area is 87.2 Å². The average Bonchev–Trinajstić information content (AvgIpc) is 2.28. The summed E-state index contributed by atoms with van der Waals surface area (Å²) in [5.41, 5.74) is 0.713. The minimum absolute atomic E-state index is 0.319. The van der Waals surface area contributed by atoms with Crippen molar-refractivity contribution < 1.29 is 14.3 Å². The molecule has 0 aromatic heterocycles. The van der Waals surface area contributed by atoms with Crippen LogP contribution in [0.2, 0.25) is 0 Å². The SMILES string of the molecule is COc1cc(C#N)c(NC=O)cc1OC. The second-order valence-electron chi connectivity index (χ2n) is 2.63. The van der Waals surface area contributed by atoms with E-state index < -0.39 is 0 Å². The van der Waals surface area contributed by atoms with E-state index in [0.717, 1.165) is 0 Å². The molecule has 0 atom stereocenters. The van der Waals surface area contributed by atoms with E-state index >= 15 is 0 Å². The van der Waals surface area contributed by atoms with E-state index in [1.165, 1.54) is 26.4 Å². The van der Waals surface area contributed by atoms with Gasteiger partial charge in [-0.05, 0) is 0 Å². The molecule has 0 saturated carbocycles. The Morgan fingerprint density at radius 1 is 1.33 bits per heavy atom. The molecule has 0 fully saturated rings. The monoisotopic (exact) mass is 206 g/mol. The van der Waals surface area contributed by atoms with Gasteiger partial charge < -0.3 is 14.8 Å². The Balaban J connectivity index is 3.28. The summed E-state index contributed by atoms with van der Waals surface area (Å²) in [5, 5.41) is 11.2. The van der Waals surface area contributed by atoms with Crippen molar-refractivity contribution in [3.8, 4) is 17.6 Å². The second-order valence-corrected chi connectivity index (χ2v) is 2.63. The number of nitriles is 1. The van der Waals surface area contributed by atoms with Crippen molar-refractivity contribution >= 4 is 12.1 Å². The molecule has 1 amide bonds. The van der Waals surface area contributed by atoms with Crippen LogP contribution in [-0.4, -0.2) is 20.6 Å². The summed E-state index contributed by atoms with van der Waals surface area (Å²) in [6.07, 6.45) is 0.502. The summed E-state index contributed by atoms with van der Waals surface area (Å²) in [4.78, 5) is 10.3. The Morgan fingerprint density at radius 3 is 2.40 bits per heavy atom. The van der Waals surface area contributed by atoms with Gasteiger partial charge in [-0.1, -0.05) is 0 Å². The van der Waals surface area contributed by atoms with Gasteiger partial charge in [0.25, 0.3) is 0 Å². The Bertz CT molecular complexity index is 410. The minimum Gasteiger partial charge on any atom is -0.493 e. The average molecular weight is 206 g/mol. The van der Waals surface area contributed by atoms with Gasteiger partial charge in [0.2, 0.25) is 6.41 Å². The first-order chi connectivity index (χ1) is 7.26. The van der Waals surface area contributed by atoms with Gasteiger partial charge in [0, 0.05) is 12.1 Å². The highest BCUT2D eigenvalue weighted by molar-refractivity contribution is 5.77. The zero-order chi connectivity index (χ0) is 11.3. The van der Waals surface area contributed by atoms with Crippen LogP contribution in [-0.2, 0) is 4.79 Å². The topological polar surface area (TPSA) is 71.3 Å². The quantitative estimate of drug-likeness (QED) is 0.750. The second kappa shape index (κ2) is 4.86. The van der Waals surface area contributed by atoms with Crippen LogP contribution in [0, 0.1) is 11.3 Å². The number of ether oxygens (including phenoxy) is 2. The highest BCUT2D eigenvalue weighted by Crippen LogP contribution is 2.32. The van der Waals surface area contributed by atoms with Crippen LogP contribution in [0.25, 0.3) is 0 Å². The maximum absolute atomic E-state index is 10.3. The molecule has 0 radical (unpaired) electrons. The fraction of sp³-hybridized carbons (Fsp3) is 0.200. The summed E-state index contributed by atoms with van der Waals surface area (Å²) in [5.74, 6) is 0.909. The summed E-state index contributed by atoms with van der Waals surface area (Å²) in [6.45, 7) is 0. The fourth-order valence-corrected chi connectivity index (χ4v) is 1.15. The highest BCUT2D eigenvalue weighted by Gasteiger charge is 2.10. The van der Waals surface area contributed by atoms with Crippen LogP contribution >= 0.6 is 0 Å². The maximum Gasteiger partial charge on any atom is 0.211 e. The lowest BCUT2D eigenvalue weighted by atomic mass is 10.1. The molecule has 0 spiro atoms. The first-order valence-corrected chi connectivity index (χ1v) is 4.13. The molecule has 5 heteroatoms. The Kier molecular flexibility index (Phi) is 3.52. The number of hydrogen-bond acceptors (Lipinski definition) is 4. The molecule has 0 aliphatic rings. The van der Waals surface area contributed by atoms with Crippen molar-refractivity contribution in [2.45, 2.75) is 0 Å². The predicted octanol–water partition coefficient (Wildman–Crippen LogP) is 1.14. The molecule has 0 unspecified atom stereocenters. The minimum atomic E-state index is 0.319. The molecule has 78 valence electrons. The molecule has 0 saturated heterocycles. The lowest BCUT2D eigenvalue weighted by molar-refractivity contribution is -0.105. The molecule has 1 N–H and O–H groups in total. The van der Waals surface area contributed by atoms with Gasteiger partial charge >= 0.3 is 0 Å². The van der Waals surface area contributed by atoms with E-state index in [4.69, 9.17) is 14.7 Å². The number of carbonyl (C=O) groups is 1. The molecule has 1 aromatic carbocycles. The lowest BCUT2D eigenvalue weighted by Crippen LogP contribution is -1.99. The number of nitrogens with zero attached hydrogens (tertiary/aromatic N) is 1. The van der Waals surface area contributed by atoms with Crippen molar-refractivity contribution in [1.29, 1.82) is 5.26 Å². The summed E-state index contributed by atoms with van der Waals surface area (Å²) < 4.78 is 10.1. The summed E-state index contributed by atoms with van der Waals surface area (Å²) in [6, 6.07) is 4.99. The van der Waals surface area contributed by atoms with Crippen LogP contribution in [0.1, 0.15) is 5.56 Å². The third-order valence-electron chi connectivity index (χ3n) is 1.86. The molecule has 0 aliphatic heterocycles. The predicted molar refractivity (Wildman–Crippen MR) is 53.9 cm³/mol. The molecular weight excluding hydrogens is 196 g/mol. The van der Waals surface area contributed by atoms with Gasteiger partial charge in [-0.2, -0.15) is 5.26 Å². The van der Waals surface area contributed by atoms with E-state index in [9.17, 15) is 4.79 Å². The van der Waals surface area contributed by atoms with Crippen LogP contribution in [0.5, 0.6) is 11.5 Å². The standard InChI is InChI=1S/C10H10N2O3/c1-14-9-3-7(5-11)8(12-6-13)4-10(9)15-2/h3-4,6H,1-2H3,(H,12,13). The van der Waals surface area contributed by atoms with Crippen LogP contribution in [0.3, 0.4) is 0 Å². The number of rotatable bonds is 4. The van der Waals surface area contributed by atoms with Crippen molar-refractivity contribution in [1.82, 2.24) is 0 Å². The van der Waals surface area contributed by atoms with Gasteiger partial charge in [-0.25, -0.2) is 0 Å². The number of anilines is 1. The lowest BCUT2D eigenvalue weighted by Gasteiger charge is -2.10. The van der Waals surface area contributed by atoms with Crippen molar-refractivity contribution in [3.63, 3.8) is 0 Å². The fourth-order valence-electron chi connectivity index (χ4n) is 1.15. The first-order valence-electron chi connectivity index (χ1n) is 4.13. The normalized spacial score (nSPS) is 8.87. The van der Waals surface area contributed by atoms with E-state index in [1.54, 1.807) is 0 Å². The third-order valence-corrected chi connectivity index (χ3v) is 1.86. The Morgan fingerprint density at radius 2 is 1.93 bits per heavy atom. The molecule has 1 aromatic rings. The van der Waals surface area contributed by atoms with Crippen LogP contribution in [0.15, 0.2) is 12.1 Å². The smallest absolute Gasteiger partial charge is 0.211 e. The van der Waals surface area contributed by atoms with E-state index in [-0.39, 0.29) is 0 Å². The third kappa shape index (κ3) is 2.17. The molecule has 0 heterocycles. The number of benzene rings is 1. The molecular formula is C10H10N2O3. The van der Waals surface area contributed by atoms with Gasteiger partial charge in [-0.3, -0.25) is 4.79 Å². The molecule has 5 nitrogen and oxygen atoms in total. The van der Waals surface area contributed by atoms with Crippen LogP contribution < -0.4 is 14.8 Å². The van der Waals surface area contributed by atoms with Gasteiger partial charge in [0.15, 0.2) is 11.5 Å². The van der Waals surface area contributed by atoms with E-state index in [2.05, 4.69) is 5.32 Å². The Hall–Kier alpha value is -2.22. The maximum atomic E-state index is 10.3. The van der Waals surface area contributed by atoms with E-state index in [0.29, 0.717) is 29.2 Å². The van der Waals surface area contributed by atoms with Crippen molar-refractivity contribution in [3.05, 3.63) is 17.7 Å². The van der Waals surface area contributed by atoms with Gasteiger partial charge in [0.1, 0.15) is 6.07 Å². The van der Waals surface area contributed by atoms with Gasteiger partial charge in [-0.15, -0.1) is 0 Å². The zero-order valence-corrected chi connectivity index (χ0v) is 8.40. The first kappa shape index (κ1) is 10.9. The molecule has 0 aliphatic carbocycles. The van der Waals surface area contributed by atoms with E-state index in [1.807, 2.05) is 6.07 Å². The number of amides is 1. The molecule has 1 rings (SSSR count). The highest BCUT2D eigenvalue weighted by atomic mass is 16.5. The summed E-state index contributed by atoms with van der Waals surface area (Å²) >= 11 is 0. The number of hydrogen-bond donors (Lipinski definition) is 1. The molecule has 0 bridgehead atoms. The summed E-state index contributed by atoms with van der Waals surface area (Å²) in [7, 11) is 2.96. The number of methoxy groups -OCH3 is 2.